The first-order valence-electron chi connectivity index (χ1n) is 5.40. The summed E-state index contributed by atoms with van der Waals surface area (Å²) >= 11 is 9.58. The topological polar surface area (TPSA) is 35.2 Å². The smallest absolute Gasteiger partial charge is 0.0649 e. The number of benzene rings is 1. The summed E-state index contributed by atoms with van der Waals surface area (Å²) in [6, 6.07) is 5.92. The molecule has 0 saturated carbocycles. The van der Waals surface area contributed by atoms with Gasteiger partial charge in [-0.1, -0.05) is 33.6 Å². The fraction of sp³-hybridized carbons (Fsp3) is 0.500. The number of hydrogen-bond donors (Lipinski definition) is 1. The maximum absolute atomic E-state index is 6.30. The Kier molecular flexibility index (Phi) is 3.90. The third-order valence-corrected chi connectivity index (χ3v) is 3.76. The lowest BCUT2D eigenvalue weighted by Crippen LogP contribution is -2.49. The first-order valence-corrected chi connectivity index (χ1v) is 6.57. The van der Waals surface area contributed by atoms with Crippen LogP contribution in [0, 0.1) is 0 Å². The van der Waals surface area contributed by atoms with Crippen molar-refractivity contribution in [2.45, 2.75) is 24.8 Å². The van der Waals surface area contributed by atoms with E-state index in [-0.39, 0.29) is 5.54 Å². The summed E-state index contributed by atoms with van der Waals surface area (Å²) in [5, 5.41) is 0.768. The van der Waals surface area contributed by atoms with Crippen LogP contribution in [0.3, 0.4) is 0 Å². The summed E-state index contributed by atoms with van der Waals surface area (Å²) in [6.45, 7) is 1.45. The molecule has 0 aromatic heterocycles. The van der Waals surface area contributed by atoms with Crippen molar-refractivity contribution in [3.8, 4) is 0 Å². The zero-order valence-corrected chi connectivity index (χ0v) is 11.4. The lowest BCUT2D eigenvalue weighted by atomic mass is 9.87. The van der Waals surface area contributed by atoms with E-state index in [1.807, 2.05) is 18.2 Å². The Balaban J connectivity index is 2.13. The van der Waals surface area contributed by atoms with Crippen molar-refractivity contribution in [1.29, 1.82) is 0 Å². The highest BCUT2D eigenvalue weighted by Gasteiger charge is 2.29. The van der Waals surface area contributed by atoms with Crippen LogP contribution in [0.1, 0.15) is 18.4 Å². The van der Waals surface area contributed by atoms with Crippen molar-refractivity contribution in [1.82, 2.24) is 0 Å². The fourth-order valence-corrected chi connectivity index (χ4v) is 2.80. The van der Waals surface area contributed by atoms with Crippen LogP contribution in [-0.2, 0) is 11.2 Å². The number of rotatable bonds is 2. The molecule has 0 radical (unpaired) electrons. The van der Waals surface area contributed by atoms with Crippen LogP contribution in [0.2, 0.25) is 5.02 Å². The van der Waals surface area contributed by atoms with Crippen molar-refractivity contribution in [2.75, 3.05) is 13.2 Å². The van der Waals surface area contributed by atoms with Gasteiger partial charge in [-0.05, 0) is 37.0 Å². The fourth-order valence-electron chi connectivity index (χ4n) is 2.06. The van der Waals surface area contributed by atoms with Gasteiger partial charge in [-0.25, -0.2) is 0 Å². The molecule has 16 heavy (non-hydrogen) atoms. The van der Waals surface area contributed by atoms with Crippen LogP contribution in [0.15, 0.2) is 22.7 Å². The highest BCUT2D eigenvalue weighted by Crippen LogP contribution is 2.27. The van der Waals surface area contributed by atoms with E-state index in [1.165, 1.54) is 0 Å². The van der Waals surface area contributed by atoms with E-state index in [0.29, 0.717) is 6.61 Å². The van der Waals surface area contributed by atoms with Gasteiger partial charge in [0.1, 0.15) is 0 Å². The zero-order valence-electron chi connectivity index (χ0n) is 9.01. The van der Waals surface area contributed by atoms with E-state index >= 15 is 0 Å². The second-order valence-electron chi connectivity index (χ2n) is 4.43. The second kappa shape index (κ2) is 5.05. The molecule has 1 atom stereocenters. The molecule has 0 amide bonds. The molecular weight excluding hydrogens is 289 g/mol. The molecule has 1 saturated heterocycles. The lowest BCUT2D eigenvalue weighted by molar-refractivity contribution is 0.0382. The van der Waals surface area contributed by atoms with Crippen molar-refractivity contribution in [2.24, 2.45) is 5.73 Å². The molecule has 0 aliphatic carbocycles. The van der Waals surface area contributed by atoms with E-state index in [0.717, 1.165) is 40.9 Å². The summed E-state index contributed by atoms with van der Waals surface area (Å²) in [6.07, 6.45) is 2.81. The standard InChI is InChI=1S/C12H15BrClNO/c13-10-3-2-9(11(14)6-10)7-12(15)4-1-5-16-8-12/h2-3,6H,1,4-5,7-8,15H2. The molecule has 0 spiro atoms. The molecule has 2 N–H and O–H groups in total. The van der Waals surface area contributed by atoms with Crippen molar-refractivity contribution in [3.63, 3.8) is 0 Å². The number of hydrogen-bond acceptors (Lipinski definition) is 2. The highest BCUT2D eigenvalue weighted by molar-refractivity contribution is 9.10. The molecule has 88 valence electrons. The minimum absolute atomic E-state index is 0.254. The third-order valence-electron chi connectivity index (χ3n) is 2.91. The van der Waals surface area contributed by atoms with Crippen LogP contribution < -0.4 is 5.73 Å². The summed E-state index contributed by atoms with van der Waals surface area (Å²) in [4.78, 5) is 0. The zero-order chi connectivity index (χ0) is 11.6. The van der Waals surface area contributed by atoms with E-state index in [2.05, 4.69) is 15.9 Å². The molecule has 1 unspecified atom stereocenters. The van der Waals surface area contributed by atoms with Crippen LogP contribution in [0.5, 0.6) is 0 Å². The number of nitrogens with two attached hydrogens (primary N) is 1. The minimum atomic E-state index is -0.254. The predicted octanol–water partition coefficient (Wildman–Crippen LogP) is 3.15. The van der Waals surface area contributed by atoms with E-state index < -0.39 is 0 Å². The minimum Gasteiger partial charge on any atom is -0.380 e. The third kappa shape index (κ3) is 2.98. The van der Waals surface area contributed by atoms with Gasteiger partial charge in [-0.15, -0.1) is 0 Å². The van der Waals surface area contributed by atoms with Crippen molar-refractivity contribution >= 4 is 27.5 Å². The summed E-state index contributed by atoms with van der Waals surface area (Å²) < 4.78 is 6.44. The molecule has 1 aliphatic heterocycles. The van der Waals surface area contributed by atoms with Crippen LogP contribution >= 0.6 is 27.5 Å². The van der Waals surface area contributed by atoms with Gasteiger partial charge >= 0.3 is 0 Å². The monoisotopic (exact) mass is 303 g/mol. The Morgan fingerprint density at radius 1 is 1.50 bits per heavy atom. The van der Waals surface area contributed by atoms with Crippen molar-refractivity contribution < 1.29 is 4.74 Å². The Morgan fingerprint density at radius 2 is 2.31 bits per heavy atom. The lowest BCUT2D eigenvalue weighted by Gasteiger charge is -2.33. The summed E-state index contributed by atoms with van der Waals surface area (Å²) in [7, 11) is 0. The average Bonchev–Trinajstić information content (AvgIpc) is 2.23. The molecule has 1 fully saturated rings. The van der Waals surface area contributed by atoms with Gasteiger partial charge in [-0.3, -0.25) is 0 Å². The van der Waals surface area contributed by atoms with Crippen molar-refractivity contribution in [3.05, 3.63) is 33.3 Å². The van der Waals surface area contributed by atoms with Crippen LogP contribution in [0.4, 0.5) is 0 Å². The van der Waals surface area contributed by atoms with Crippen LogP contribution in [0.25, 0.3) is 0 Å². The molecule has 1 heterocycles. The van der Waals surface area contributed by atoms with Gasteiger partial charge in [0.05, 0.1) is 6.61 Å². The van der Waals surface area contributed by atoms with Gasteiger partial charge < -0.3 is 10.5 Å². The predicted molar refractivity (Wildman–Crippen MR) is 69.8 cm³/mol. The maximum Gasteiger partial charge on any atom is 0.0649 e. The highest BCUT2D eigenvalue weighted by atomic mass is 79.9. The Bertz CT molecular complexity index is 377. The Labute approximate surface area is 109 Å². The summed E-state index contributed by atoms with van der Waals surface area (Å²) in [5.74, 6) is 0. The average molecular weight is 305 g/mol. The molecule has 1 aromatic carbocycles. The van der Waals surface area contributed by atoms with Crippen LogP contribution in [-0.4, -0.2) is 18.8 Å². The van der Waals surface area contributed by atoms with Gasteiger partial charge in [-0.2, -0.15) is 0 Å². The maximum atomic E-state index is 6.30. The van der Waals surface area contributed by atoms with E-state index in [9.17, 15) is 0 Å². The molecule has 0 bridgehead atoms. The Morgan fingerprint density at radius 3 is 2.94 bits per heavy atom. The number of halogens is 2. The van der Waals surface area contributed by atoms with Gasteiger partial charge in [0, 0.05) is 21.6 Å². The second-order valence-corrected chi connectivity index (χ2v) is 5.75. The first kappa shape index (κ1) is 12.4. The SMILES string of the molecule is NC1(Cc2ccc(Br)cc2Cl)CCCOC1. The van der Waals surface area contributed by atoms with Gasteiger partial charge in [0.15, 0.2) is 0 Å². The van der Waals surface area contributed by atoms with E-state index in [1.54, 1.807) is 0 Å². The van der Waals surface area contributed by atoms with E-state index in [4.69, 9.17) is 22.1 Å². The Hall–Kier alpha value is -0.0900. The first-order chi connectivity index (χ1) is 7.59. The number of ether oxygens (including phenoxy) is 1. The van der Waals surface area contributed by atoms with Gasteiger partial charge in [0.25, 0.3) is 0 Å². The molecule has 4 heteroatoms. The molecule has 2 nitrogen and oxygen atoms in total. The molecule has 1 aromatic rings. The molecule has 1 aliphatic rings. The molecular formula is C12H15BrClNO. The summed E-state index contributed by atoms with van der Waals surface area (Å²) in [5.41, 5.74) is 7.14. The molecule has 2 rings (SSSR count). The van der Waals surface area contributed by atoms with Gasteiger partial charge in [0.2, 0.25) is 0 Å². The quantitative estimate of drug-likeness (QED) is 0.911. The largest absolute Gasteiger partial charge is 0.380 e. The normalized spacial score (nSPS) is 25.7.